The van der Waals surface area contributed by atoms with Crippen molar-refractivity contribution in [1.82, 2.24) is 76.6 Å². The molecule has 11 heterocycles. The zero-order chi connectivity index (χ0) is 91.8. The van der Waals surface area contributed by atoms with Crippen molar-refractivity contribution in [3.63, 3.8) is 0 Å². The first kappa shape index (κ1) is 88.3. The largest absolute Gasteiger partial charge is 0.457 e. The standard InChI is InChI=1S/C29H23N3O.C23H26N4O.C20H21N3O3S.C20H21N3O.C19H17N3/c1-2-31-28-11-7-6-10-25(28)26-20-22(14-17-29(26)31)32-27(18-19-30-32)21-12-15-24(16-13-21)33-23-8-4-3-5-9-23;1-2-26-22-6-4-3-5-20(22)21-17-19(7-8-23(21)26)27-18(9-11-24-27)10-12-25-13-15-28-16-14-25;1-3-22-19-7-5-4-6-17(19)18-14-16(8-9-20(18)22)23-15(10-12-21-23)11-13-26-27(2,24)25;1-2-22-19-8-4-3-7-17(19)18-14-16(9-10-20(18)22)23-15(6-5-13-24)11-12-21-23;1-3-14-11-12-20-22(14)15-9-10-19-17(13-15)16-7-5-6-8-18(16)21(19)4-2/h3-20H,2H2,1H3;3-9,11,17H,2,10,12-16H2,1H3;4-10,12,14H,3,11,13H2,1-2H3;3-4,7-12,14,24H,2,5-6,13H2,1H3;3,5-13H,1,4H2,2H3. The van der Waals surface area contributed by atoms with Crippen molar-refractivity contribution >= 4 is 125 Å². The fraction of sp³-hybridized carbons (Fsp3) is 0.198. The first-order chi connectivity index (χ1) is 65.8. The Balaban J connectivity index is 0.000000108. The molecule has 12 aromatic carbocycles. The van der Waals surface area contributed by atoms with E-state index in [1.165, 1.54) is 115 Å². The van der Waals surface area contributed by atoms with Crippen molar-refractivity contribution < 1.29 is 27.2 Å². The summed E-state index contributed by atoms with van der Waals surface area (Å²) in [7, 11) is -3.44. The molecule has 0 saturated carbocycles. The number of rotatable bonds is 24. The van der Waals surface area contributed by atoms with E-state index in [0.29, 0.717) is 6.42 Å². The Bertz CT molecular complexity index is 8050. The minimum Gasteiger partial charge on any atom is -0.457 e. The van der Waals surface area contributed by atoms with E-state index in [9.17, 15) is 8.42 Å². The van der Waals surface area contributed by atoms with Gasteiger partial charge in [-0.25, -0.2) is 23.4 Å². The molecule has 22 nitrogen and oxygen atoms in total. The molecule has 1 saturated heterocycles. The number of benzene rings is 12. The molecule has 0 amide bonds. The van der Waals surface area contributed by atoms with Gasteiger partial charge < -0.3 is 37.4 Å². The zero-order valence-electron chi connectivity index (χ0n) is 76.3. The van der Waals surface area contributed by atoms with Crippen molar-refractivity contribution in [2.24, 2.45) is 0 Å². The molecular formula is C111H108N16O6S. The van der Waals surface area contributed by atoms with Crippen LogP contribution in [-0.2, 0) is 71.0 Å². The van der Waals surface area contributed by atoms with Crippen molar-refractivity contribution in [3.8, 4) is 51.2 Å². The van der Waals surface area contributed by atoms with Crippen LogP contribution in [0.15, 0.2) is 335 Å². The third kappa shape index (κ3) is 17.9. The smallest absolute Gasteiger partial charge is 0.264 e. The Morgan fingerprint density at radius 2 is 0.687 bits per heavy atom. The number of nitrogens with zero attached hydrogens (tertiary/aromatic N) is 16. The molecule has 0 spiro atoms. The number of morpholine rings is 1. The summed E-state index contributed by atoms with van der Waals surface area (Å²) in [6.45, 7) is 24.6. The van der Waals surface area contributed by atoms with Crippen LogP contribution in [0.4, 0.5) is 0 Å². The van der Waals surface area contributed by atoms with Crippen LogP contribution in [0.25, 0.3) is 155 Å². The molecule has 1 aliphatic rings. The van der Waals surface area contributed by atoms with Gasteiger partial charge in [-0.3, -0.25) is 9.08 Å². The highest BCUT2D eigenvalue weighted by Gasteiger charge is 2.21. The van der Waals surface area contributed by atoms with Crippen LogP contribution in [0.5, 0.6) is 11.5 Å². The quantitative estimate of drug-likeness (QED) is 0.0562. The van der Waals surface area contributed by atoms with Gasteiger partial charge in [-0.05, 0) is 242 Å². The second kappa shape index (κ2) is 39.6. The third-order valence-electron chi connectivity index (χ3n) is 25.4. The Morgan fingerprint density at radius 1 is 0.358 bits per heavy atom. The fourth-order valence-corrected chi connectivity index (χ4v) is 19.6. The van der Waals surface area contributed by atoms with Crippen LogP contribution in [0.3, 0.4) is 0 Å². The predicted molar refractivity (Wildman–Crippen MR) is 544 cm³/mol. The SMILES string of the molecule is C=Cc1ccnn1-c1ccc2c(c1)c1ccccc1n2CC.CCn1c2ccccc2c2cc(-n3nccc3-c3ccc(Oc4ccccc4)cc3)ccc21.CCn1c2ccccc2c2cc(-n3nccc3CCCO)ccc21.CCn1c2ccccc2c2cc(-n3nccc3CCN3CCOCC3)ccc21.CCn1c2ccccc2c2cc(-n3nccc3CCOS(C)(=O)=O)ccc21. The summed E-state index contributed by atoms with van der Waals surface area (Å²) in [5.74, 6) is 1.64. The number of aromatic nitrogens is 15. The Labute approximate surface area is 778 Å². The van der Waals surface area contributed by atoms with E-state index < -0.39 is 10.1 Å². The summed E-state index contributed by atoms with van der Waals surface area (Å²) in [4.78, 5) is 2.47. The van der Waals surface area contributed by atoms with Crippen molar-refractivity contribution in [2.75, 3.05) is 52.3 Å². The molecule has 22 aromatic rings. The second-order valence-corrected chi connectivity index (χ2v) is 34.9. The molecule has 0 atom stereocenters. The molecule has 1 aliphatic heterocycles. The number of para-hydroxylation sites is 6. The molecule has 674 valence electrons. The summed E-state index contributed by atoms with van der Waals surface area (Å²) >= 11 is 0. The number of ether oxygens (including phenoxy) is 2. The molecule has 1 fully saturated rings. The highest BCUT2D eigenvalue weighted by atomic mass is 32.2. The van der Waals surface area contributed by atoms with Crippen molar-refractivity contribution in [1.29, 1.82) is 0 Å². The first-order valence-electron chi connectivity index (χ1n) is 46.3. The van der Waals surface area contributed by atoms with Crippen LogP contribution in [0.1, 0.15) is 63.8 Å². The molecule has 0 bridgehead atoms. The molecular weight excluding hydrogens is 1690 g/mol. The van der Waals surface area contributed by atoms with Crippen molar-refractivity contribution in [3.05, 3.63) is 358 Å². The van der Waals surface area contributed by atoms with Gasteiger partial charge in [0.05, 0.1) is 78.3 Å². The maximum atomic E-state index is 11.2. The molecule has 10 aromatic heterocycles. The molecule has 0 aliphatic carbocycles. The van der Waals surface area contributed by atoms with Crippen molar-refractivity contribution in [2.45, 2.75) is 93.0 Å². The molecule has 1 N–H and O–H groups in total. The highest BCUT2D eigenvalue weighted by Crippen LogP contribution is 2.39. The van der Waals surface area contributed by atoms with Gasteiger partial charge in [0, 0.05) is 222 Å². The first-order valence-corrected chi connectivity index (χ1v) is 48.1. The lowest BCUT2D eigenvalue weighted by atomic mass is 10.1. The summed E-state index contributed by atoms with van der Waals surface area (Å²) < 4.78 is 60.2. The second-order valence-electron chi connectivity index (χ2n) is 33.3. The number of aryl methyl sites for hydroxylation is 6. The number of aliphatic hydroxyl groups is 1. The van der Waals surface area contributed by atoms with Crippen LogP contribution in [0, 0.1) is 0 Å². The average Bonchev–Trinajstić information content (AvgIpc) is 1.61. The van der Waals surface area contributed by atoms with Gasteiger partial charge in [0.25, 0.3) is 10.1 Å². The predicted octanol–water partition coefficient (Wildman–Crippen LogP) is 23.4. The maximum absolute atomic E-state index is 11.2. The normalized spacial score (nSPS) is 12.4. The zero-order valence-corrected chi connectivity index (χ0v) is 77.1. The fourth-order valence-electron chi connectivity index (χ4n) is 19.2. The van der Waals surface area contributed by atoms with E-state index in [2.05, 4.69) is 324 Å². The van der Waals surface area contributed by atoms with Gasteiger partial charge in [0.1, 0.15) is 11.5 Å². The minimum atomic E-state index is -3.44. The molecule has 23 heteroatoms. The molecule has 134 heavy (non-hydrogen) atoms. The third-order valence-corrected chi connectivity index (χ3v) is 26.0. The van der Waals surface area contributed by atoms with Gasteiger partial charge in [-0.15, -0.1) is 0 Å². The van der Waals surface area contributed by atoms with Gasteiger partial charge in [-0.1, -0.05) is 116 Å². The number of fused-ring (bicyclic) bond motifs is 15. The number of hydrogen-bond donors (Lipinski definition) is 1. The van der Waals surface area contributed by atoms with Gasteiger partial charge in [0.15, 0.2) is 0 Å². The molecule has 23 rings (SSSR count). The van der Waals surface area contributed by atoms with Gasteiger partial charge >= 0.3 is 0 Å². The van der Waals surface area contributed by atoms with Gasteiger partial charge in [-0.2, -0.15) is 33.9 Å². The topological polar surface area (TPSA) is 199 Å². The van der Waals surface area contributed by atoms with E-state index in [1.54, 1.807) is 12.4 Å². The van der Waals surface area contributed by atoms with Crippen LogP contribution < -0.4 is 4.74 Å². The average molecular weight is 1790 g/mol. The summed E-state index contributed by atoms with van der Waals surface area (Å²) in [5, 5.41) is 44.3. The van der Waals surface area contributed by atoms with Gasteiger partial charge in [0.2, 0.25) is 0 Å². The summed E-state index contributed by atoms with van der Waals surface area (Å²) in [5.41, 5.74) is 24.2. The van der Waals surface area contributed by atoms with E-state index in [4.69, 9.17) is 18.8 Å². The molecule has 0 radical (unpaired) electrons. The van der Waals surface area contributed by atoms with E-state index >= 15 is 0 Å². The summed E-state index contributed by atoms with van der Waals surface area (Å²) in [6, 6.07) is 103. The van der Waals surface area contributed by atoms with E-state index in [1.807, 2.05) is 116 Å². The van der Waals surface area contributed by atoms with Crippen LogP contribution in [-0.4, -0.2) is 142 Å². The van der Waals surface area contributed by atoms with E-state index in [-0.39, 0.29) is 13.2 Å². The van der Waals surface area contributed by atoms with Crippen LogP contribution in [0.2, 0.25) is 0 Å². The van der Waals surface area contributed by atoms with E-state index in [0.717, 1.165) is 159 Å². The molecule has 0 unspecified atom stereocenters. The lowest BCUT2D eigenvalue weighted by Gasteiger charge is -2.26. The minimum absolute atomic E-state index is 0.0991. The maximum Gasteiger partial charge on any atom is 0.264 e. The lowest BCUT2D eigenvalue weighted by molar-refractivity contribution is 0.0383. The summed E-state index contributed by atoms with van der Waals surface area (Å²) in [6.07, 6.45) is 15.0. The Hall–Kier alpha value is -15.0. The highest BCUT2D eigenvalue weighted by molar-refractivity contribution is 7.86. The lowest BCUT2D eigenvalue weighted by Crippen LogP contribution is -2.37. The number of aliphatic hydroxyl groups excluding tert-OH is 1. The van der Waals surface area contributed by atoms with Crippen LogP contribution >= 0.6 is 0 Å². The monoisotopic (exact) mass is 1790 g/mol. The Morgan fingerprint density at radius 3 is 1.07 bits per heavy atom. The Kier molecular flexibility index (Phi) is 26.1. The number of hydrogen-bond acceptors (Lipinski definition) is 12.